The van der Waals surface area contributed by atoms with Gasteiger partial charge in [-0.25, -0.2) is 0 Å². The van der Waals surface area contributed by atoms with E-state index in [1.54, 1.807) is 60.5 Å². The largest absolute Gasteiger partial charge is 0.497 e. The van der Waals surface area contributed by atoms with Gasteiger partial charge in [-0.05, 0) is 66.3 Å². The molecule has 1 atom stereocenters. The molecular formula is C25H22ClN3O3S. The third kappa shape index (κ3) is 5.16. The molecule has 6 nitrogen and oxygen atoms in total. The zero-order valence-corrected chi connectivity index (χ0v) is 19.5. The van der Waals surface area contributed by atoms with Gasteiger partial charge in [0.1, 0.15) is 11.8 Å². The van der Waals surface area contributed by atoms with Crippen LogP contribution >= 0.6 is 23.8 Å². The van der Waals surface area contributed by atoms with Crippen molar-refractivity contribution >= 4 is 52.1 Å². The van der Waals surface area contributed by atoms with Crippen LogP contribution in [0.25, 0.3) is 0 Å². The van der Waals surface area contributed by atoms with Gasteiger partial charge in [-0.2, -0.15) is 0 Å². The van der Waals surface area contributed by atoms with Crippen LogP contribution in [0.2, 0.25) is 5.02 Å². The standard InChI is InChI=1S/C25H22ClN3O3S/c1-32-21-13-11-20(12-14-21)29-24(31)22(15-23(30)27-19-9-7-18(26)8-10-19)28(25(29)33)16-17-5-3-2-4-6-17/h2-14,22H,15-16H2,1H3,(H,27,30)/t22-/m0/s1. The van der Waals surface area contributed by atoms with Crippen LogP contribution in [0.5, 0.6) is 5.75 Å². The fraction of sp³-hybridized carbons (Fsp3) is 0.160. The Labute approximate surface area is 202 Å². The lowest BCUT2D eigenvalue weighted by atomic mass is 10.1. The van der Waals surface area contributed by atoms with Crippen molar-refractivity contribution in [1.29, 1.82) is 0 Å². The van der Waals surface area contributed by atoms with E-state index in [2.05, 4.69) is 5.32 Å². The normalized spacial score (nSPS) is 15.6. The Bertz CT molecular complexity index is 1150. The van der Waals surface area contributed by atoms with E-state index in [1.165, 1.54) is 4.90 Å². The van der Waals surface area contributed by atoms with E-state index >= 15 is 0 Å². The third-order valence-corrected chi connectivity index (χ3v) is 6.02. The number of hydrogen-bond donors (Lipinski definition) is 1. The number of nitrogens with zero attached hydrogens (tertiary/aromatic N) is 2. The van der Waals surface area contributed by atoms with Crippen LogP contribution in [-0.2, 0) is 16.1 Å². The van der Waals surface area contributed by atoms with Gasteiger partial charge < -0.3 is 15.0 Å². The molecule has 4 rings (SSSR count). The summed E-state index contributed by atoms with van der Waals surface area (Å²) in [7, 11) is 1.58. The van der Waals surface area contributed by atoms with Gasteiger partial charge in [-0.15, -0.1) is 0 Å². The lowest BCUT2D eigenvalue weighted by Crippen LogP contribution is -2.37. The lowest BCUT2D eigenvalue weighted by molar-refractivity contribution is -0.124. The highest BCUT2D eigenvalue weighted by Crippen LogP contribution is 2.30. The van der Waals surface area contributed by atoms with Crippen molar-refractivity contribution in [3.8, 4) is 5.75 Å². The summed E-state index contributed by atoms with van der Waals surface area (Å²) in [6.07, 6.45) is -0.0406. The number of carbonyl (C=O) groups excluding carboxylic acids is 2. The third-order valence-electron chi connectivity index (χ3n) is 5.35. The Balaban J connectivity index is 1.59. The molecule has 0 spiro atoms. The summed E-state index contributed by atoms with van der Waals surface area (Å²) in [5, 5.41) is 3.77. The zero-order chi connectivity index (χ0) is 23.4. The predicted octanol–water partition coefficient (Wildman–Crippen LogP) is 4.88. The van der Waals surface area contributed by atoms with Crippen molar-refractivity contribution in [2.75, 3.05) is 17.3 Å². The molecule has 1 aliphatic rings. The molecule has 33 heavy (non-hydrogen) atoms. The maximum atomic E-state index is 13.5. The Hall–Kier alpha value is -3.42. The van der Waals surface area contributed by atoms with Crippen molar-refractivity contribution in [2.45, 2.75) is 19.0 Å². The van der Waals surface area contributed by atoms with Crippen LogP contribution in [0.3, 0.4) is 0 Å². The van der Waals surface area contributed by atoms with Crippen LogP contribution in [0.4, 0.5) is 11.4 Å². The summed E-state index contributed by atoms with van der Waals surface area (Å²) in [5.41, 5.74) is 2.23. The van der Waals surface area contributed by atoms with Gasteiger partial charge in [0.2, 0.25) is 5.91 Å². The summed E-state index contributed by atoms with van der Waals surface area (Å²) in [6.45, 7) is 0.414. The smallest absolute Gasteiger partial charge is 0.256 e. The Kier molecular flexibility index (Phi) is 6.91. The molecule has 0 aliphatic carbocycles. The molecule has 1 heterocycles. The number of methoxy groups -OCH3 is 1. The number of hydrogen-bond acceptors (Lipinski definition) is 4. The van der Waals surface area contributed by atoms with Gasteiger partial charge in [0.05, 0.1) is 19.2 Å². The lowest BCUT2D eigenvalue weighted by Gasteiger charge is -2.24. The highest BCUT2D eigenvalue weighted by molar-refractivity contribution is 7.80. The average Bonchev–Trinajstić information content (AvgIpc) is 3.05. The monoisotopic (exact) mass is 479 g/mol. The number of carbonyl (C=O) groups is 2. The van der Waals surface area contributed by atoms with E-state index in [-0.39, 0.29) is 18.2 Å². The number of ether oxygens (including phenoxy) is 1. The van der Waals surface area contributed by atoms with E-state index in [0.29, 0.717) is 33.8 Å². The summed E-state index contributed by atoms with van der Waals surface area (Å²) in [5.74, 6) is 0.150. The quantitative estimate of drug-likeness (QED) is 0.489. The molecule has 3 aromatic rings. The van der Waals surface area contributed by atoms with E-state index in [9.17, 15) is 9.59 Å². The summed E-state index contributed by atoms with van der Waals surface area (Å²) >= 11 is 11.6. The Morgan fingerprint density at radius 2 is 1.70 bits per heavy atom. The minimum Gasteiger partial charge on any atom is -0.497 e. The zero-order valence-electron chi connectivity index (χ0n) is 17.9. The summed E-state index contributed by atoms with van der Waals surface area (Å²) < 4.78 is 5.22. The topological polar surface area (TPSA) is 61.9 Å². The first-order valence-corrected chi connectivity index (χ1v) is 11.1. The van der Waals surface area contributed by atoms with Gasteiger partial charge in [0.25, 0.3) is 5.91 Å². The number of rotatable bonds is 7. The summed E-state index contributed by atoms with van der Waals surface area (Å²) in [6, 6.07) is 22.9. The number of nitrogens with one attached hydrogen (secondary N) is 1. The highest BCUT2D eigenvalue weighted by Gasteiger charge is 2.44. The van der Waals surface area contributed by atoms with Crippen molar-refractivity contribution in [1.82, 2.24) is 4.90 Å². The van der Waals surface area contributed by atoms with Crippen molar-refractivity contribution in [3.05, 3.63) is 89.4 Å². The SMILES string of the molecule is COc1ccc(N2C(=O)[C@H](CC(=O)Nc3ccc(Cl)cc3)N(Cc3ccccc3)C2=S)cc1. The Morgan fingerprint density at radius 1 is 1.03 bits per heavy atom. The van der Waals surface area contributed by atoms with Crippen molar-refractivity contribution < 1.29 is 14.3 Å². The number of benzene rings is 3. The molecule has 1 saturated heterocycles. The predicted molar refractivity (Wildman–Crippen MR) is 134 cm³/mol. The van der Waals surface area contributed by atoms with E-state index in [0.717, 1.165) is 5.56 Å². The van der Waals surface area contributed by atoms with Crippen LogP contribution < -0.4 is 15.0 Å². The first kappa shape index (κ1) is 22.8. The molecule has 8 heteroatoms. The van der Waals surface area contributed by atoms with Gasteiger partial charge in [-0.1, -0.05) is 41.9 Å². The second-order valence-corrected chi connectivity index (χ2v) is 8.34. The van der Waals surface area contributed by atoms with Crippen LogP contribution in [0.1, 0.15) is 12.0 Å². The molecule has 0 aromatic heterocycles. The number of anilines is 2. The molecular weight excluding hydrogens is 458 g/mol. The van der Waals surface area contributed by atoms with E-state index in [1.807, 2.05) is 30.3 Å². The highest BCUT2D eigenvalue weighted by atomic mass is 35.5. The van der Waals surface area contributed by atoms with Gasteiger partial charge >= 0.3 is 0 Å². The number of thiocarbonyl (C=S) groups is 1. The van der Waals surface area contributed by atoms with Gasteiger partial charge in [-0.3, -0.25) is 14.5 Å². The first-order chi connectivity index (χ1) is 16.0. The molecule has 168 valence electrons. The molecule has 3 aromatic carbocycles. The van der Waals surface area contributed by atoms with E-state index in [4.69, 9.17) is 28.6 Å². The second kappa shape index (κ2) is 10.0. The minimum absolute atomic E-state index is 0.0406. The first-order valence-electron chi connectivity index (χ1n) is 10.3. The van der Waals surface area contributed by atoms with Crippen LogP contribution in [0.15, 0.2) is 78.9 Å². The fourth-order valence-electron chi connectivity index (χ4n) is 3.68. The molecule has 2 amide bonds. The van der Waals surface area contributed by atoms with Gasteiger partial charge in [0.15, 0.2) is 5.11 Å². The molecule has 1 N–H and O–H groups in total. The second-order valence-electron chi connectivity index (χ2n) is 7.54. The molecule has 0 bridgehead atoms. The minimum atomic E-state index is -0.730. The molecule has 0 radical (unpaired) electrons. The summed E-state index contributed by atoms with van der Waals surface area (Å²) in [4.78, 5) is 29.6. The van der Waals surface area contributed by atoms with E-state index < -0.39 is 6.04 Å². The van der Waals surface area contributed by atoms with Gasteiger partial charge in [0, 0.05) is 17.3 Å². The fourth-order valence-corrected chi connectivity index (χ4v) is 4.20. The average molecular weight is 480 g/mol. The maximum absolute atomic E-state index is 13.5. The molecule has 1 fully saturated rings. The molecule has 0 saturated carbocycles. The maximum Gasteiger partial charge on any atom is 0.256 e. The van der Waals surface area contributed by atoms with Crippen molar-refractivity contribution in [2.24, 2.45) is 0 Å². The van der Waals surface area contributed by atoms with Crippen LogP contribution in [0, 0.1) is 0 Å². The number of amides is 2. The van der Waals surface area contributed by atoms with Crippen molar-refractivity contribution in [3.63, 3.8) is 0 Å². The molecule has 0 unspecified atom stereocenters. The Morgan fingerprint density at radius 3 is 2.33 bits per heavy atom. The van der Waals surface area contributed by atoms with Crippen LogP contribution in [-0.4, -0.2) is 35.0 Å². The molecule has 1 aliphatic heterocycles. The number of halogens is 1.